The first-order valence-corrected chi connectivity index (χ1v) is 3.94. The van der Waals surface area contributed by atoms with Gasteiger partial charge in [0, 0.05) is 39.0 Å². The maximum atomic E-state index is 12.6. The van der Waals surface area contributed by atoms with E-state index in [4.69, 9.17) is 5.73 Å². The summed E-state index contributed by atoms with van der Waals surface area (Å²) in [6.07, 6.45) is -0.0139. The average molecular weight is 237 g/mol. The molecule has 1 aliphatic heterocycles. The first-order valence-electron chi connectivity index (χ1n) is 3.94. The highest BCUT2D eigenvalue weighted by Gasteiger charge is 2.33. The zero-order valence-electron chi connectivity index (χ0n) is 7.34. The van der Waals surface area contributed by atoms with E-state index < -0.39 is 5.92 Å². The van der Waals surface area contributed by atoms with Crippen LogP contribution in [0.1, 0.15) is 12.8 Å². The van der Waals surface area contributed by atoms with Gasteiger partial charge in [-0.1, -0.05) is 0 Å². The molecule has 0 spiro atoms. The molecule has 0 unspecified atom stereocenters. The molecule has 0 saturated carbocycles. The highest BCUT2D eigenvalue weighted by atomic mass is 35.5. The van der Waals surface area contributed by atoms with Crippen LogP contribution >= 0.6 is 24.8 Å². The quantitative estimate of drug-likeness (QED) is 0.788. The Kier molecular flexibility index (Phi) is 8.23. The fraction of sp³-hybridized carbons (Fsp3) is 1.00. The third-order valence-corrected chi connectivity index (χ3v) is 2.03. The minimum atomic E-state index is -2.43. The second-order valence-electron chi connectivity index (χ2n) is 2.99. The SMILES string of the molecule is Cl.Cl.NCCN1CCC(F)(F)CC1. The van der Waals surface area contributed by atoms with Gasteiger partial charge >= 0.3 is 0 Å². The minimum absolute atomic E-state index is 0. The van der Waals surface area contributed by atoms with E-state index in [0.717, 1.165) is 6.54 Å². The van der Waals surface area contributed by atoms with Gasteiger partial charge in [0.25, 0.3) is 5.92 Å². The van der Waals surface area contributed by atoms with Crippen molar-refractivity contribution in [2.24, 2.45) is 5.73 Å². The van der Waals surface area contributed by atoms with Crippen molar-refractivity contribution >= 4 is 24.8 Å². The minimum Gasteiger partial charge on any atom is -0.329 e. The average Bonchev–Trinajstić information content (AvgIpc) is 1.94. The number of nitrogens with zero attached hydrogens (tertiary/aromatic N) is 1. The van der Waals surface area contributed by atoms with E-state index in [2.05, 4.69) is 0 Å². The van der Waals surface area contributed by atoms with Gasteiger partial charge in [0.15, 0.2) is 0 Å². The van der Waals surface area contributed by atoms with E-state index in [0.29, 0.717) is 19.6 Å². The Morgan fingerprint density at radius 1 is 1.15 bits per heavy atom. The van der Waals surface area contributed by atoms with E-state index in [1.807, 2.05) is 4.90 Å². The molecule has 1 heterocycles. The third-order valence-electron chi connectivity index (χ3n) is 2.03. The molecule has 1 aliphatic rings. The zero-order valence-corrected chi connectivity index (χ0v) is 8.97. The second kappa shape index (κ2) is 6.76. The molecule has 82 valence electrons. The molecule has 13 heavy (non-hydrogen) atoms. The molecule has 1 saturated heterocycles. The Morgan fingerprint density at radius 2 is 1.62 bits per heavy atom. The van der Waals surface area contributed by atoms with E-state index in [9.17, 15) is 8.78 Å². The van der Waals surface area contributed by atoms with Crippen LogP contribution in [0.3, 0.4) is 0 Å². The molecule has 0 aromatic carbocycles. The Morgan fingerprint density at radius 3 is 2.00 bits per heavy atom. The van der Waals surface area contributed by atoms with E-state index in [1.54, 1.807) is 0 Å². The number of hydrogen-bond acceptors (Lipinski definition) is 2. The van der Waals surface area contributed by atoms with Crippen molar-refractivity contribution in [1.29, 1.82) is 0 Å². The molecule has 1 fully saturated rings. The van der Waals surface area contributed by atoms with Crippen LogP contribution < -0.4 is 5.73 Å². The summed E-state index contributed by atoms with van der Waals surface area (Å²) in [5.74, 6) is -2.43. The fourth-order valence-corrected chi connectivity index (χ4v) is 1.29. The van der Waals surface area contributed by atoms with Crippen molar-refractivity contribution in [2.75, 3.05) is 26.2 Å². The van der Waals surface area contributed by atoms with Crippen LogP contribution in [-0.2, 0) is 0 Å². The predicted molar refractivity (Wildman–Crippen MR) is 54.2 cm³/mol. The Hall–Kier alpha value is 0.360. The first kappa shape index (κ1) is 15.8. The molecule has 2 N–H and O–H groups in total. The summed E-state index contributed by atoms with van der Waals surface area (Å²) in [7, 11) is 0. The van der Waals surface area contributed by atoms with Gasteiger partial charge in [-0.15, -0.1) is 24.8 Å². The van der Waals surface area contributed by atoms with Gasteiger partial charge in [-0.05, 0) is 0 Å². The van der Waals surface area contributed by atoms with Gasteiger partial charge in [-0.3, -0.25) is 0 Å². The lowest BCUT2D eigenvalue weighted by atomic mass is 10.1. The third kappa shape index (κ3) is 5.62. The summed E-state index contributed by atoms with van der Waals surface area (Å²) in [4.78, 5) is 1.98. The number of hydrogen-bond donors (Lipinski definition) is 1. The van der Waals surface area contributed by atoms with E-state index in [-0.39, 0.29) is 37.7 Å². The Labute approximate surface area is 89.7 Å². The van der Waals surface area contributed by atoms with Gasteiger partial charge in [-0.2, -0.15) is 0 Å². The van der Waals surface area contributed by atoms with Crippen LogP contribution in [0.25, 0.3) is 0 Å². The summed E-state index contributed by atoms with van der Waals surface area (Å²) in [6, 6.07) is 0. The lowest BCUT2D eigenvalue weighted by molar-refractivity contribution is -0.0544. The summed E-state index contributed by atoms with van der Waals surface area (Å²) >= 11 is 0. The molecule has 6 heteroatoms. The maximum absolute atomic E-state index is 12.6. The van der Waals surface area contributed by atoms with Crippen molar-refractivity contribution in [2.45, 2.75) is 18.8 Å². The van der Waals surface area contributed by atoms with Crippen LogP contribution in [0.4, 0.5) is 8.78 Å². The number of nitrogens with two attached hydrogens (primary N) is 1. The van der Waals surface area contributed by atoms with E-state index >= 15 is 0 Å². The van der Waals surface area contributed by atoms with Crippen molar-refractivity contribution in [3.63, 3.8) is 0 Å². The van der Waals surface area contributed by atoms with Crippen molar-refractivity contribution in [3.05, 3.63) is 0 Å². The fourth-order valence-electron chi connectivity index (χ4n) is 1.29. The van der Waals surface area contributed by atoms with Gasteiger partial charge in [0.1, 0.15) is 0 Å². The Balaban J connectivity index is 0. The lowest BCUT2D eigenvalue weighted by Gasteiger charge is -2.31. The molecular formula is C7H16Cl2F2N2. The number of rotatable bonds is 2. The lowest BCUT2D eigenvalue weighted by Crippen LogP contribution is -2.41. The van der Waals surface area contributed by atoms with Crippen LogP contribution in [0.2, 0.25) is 0 Å². The normalized spacial score (nSPS) is 21.5. The van der Waals surface area contributed by atoms with Crippen LogP contribution in [0, 0.1) is 0 Å². The standard InChI is InChI=1S/C7H14F2N2.2ClH/c8-7(9)1-4-11(5-2-7)6-3-10;;/h1-6,10H2;2*1H. The maximum Gasteiger partial charge on any atom is 0.250 e. The smallest absolute Gasteiger partial charge is 0.250 e. The van der Waals surface area contributed by atoms with E-state index in [1.165, 1.54) is 0 Å². The number of halogens is 4. The summed E-state index contributed by atoms with van der Waals surface area (Å²) in [6.45, 7) is 2.29. The molecule has 2 nitrogen and oxygen atoms in total. The van der Waals surface area contributed by atoms with Crippen LogP contribution in [0.15, 0.2) is 0 Å². The van der Waals surface area contributed by atoms with Gasteiger partial charge in [0.05, 0.1) is 0 Å². The number of alkyl halides is 2. The molecule has 0 aliphatic carbocycles. The van der Waals surface area contributed by atoms with Crippen LogP contribution in [0.5, 0.6) is 0 Å². The topological polar surface area (TPSA) is 29.3 Å². The molecular weight excluding hydrogens is 221 g/mol. The van der Waals surface area contributed by atoms with Crippen molar-refractivity contribution < 1.29 is 8.78 Å². The predicted octanol–water partition coefficient (Wildman–Crippen LogP) is 1.52. The monoisotopic (exact) mass is 236 g/mol. The largest absolute Gasteiger partial charge is 0.329 e. The summed E-state index contributed by atoms with van der Waals surface area (Å²) in [5.41, 5.74) is 5.30. The molecule has 0 aromatic heterocycles. The van der Waals surface area contributed by atoms with Gasteiger partial charge in [0.2, 0.25) is 0 Å². The molecule has 0 bridgehead atoms. The first-order chi connectivity index (χ1) is 5.14. The Bertz CT molecular complexity index is 126. The highest BCUT2D eigenvalue weighted by molar-refractivity contribution is 5.85. The summed E-state index contributed by atoms with van der Waals surface area (Å²) in [5, 5.41) is 0. The van der Waals surface area contributed by atoms with Gasteiger partial charge < -0.3 is 10.6 Å². The molecule has 1 rings (SSSR count). The highest BCUT2D eigenvalue weighted by Crippen LogP contribution is 2.27. The molecule has 0 radical (unpaired) electrons. The summed E-state index contributed by atoms with van der Waals surface area (Å²) < 4.78 is 25.1. The molecule has 0 aromatic rings. The number of piperidine rings is 1. The molecule has 0 amide bonds. The second-order valence-corrected chi connectivity index (χ2v) is 2.99. The van der Waals surface area contributed by atoms with Gasteiger partial charge in [-0.25, -0.2) is 8.78 Å². The van der Waals surface area contributed by atoms with Crippen LogP contribution in [-0.4, -0.2) is 37.0 Å². The van der Waals surface area contributed by atoms with Crippen molar-refractivity contribution in [3.8, 4) is 0 Å². The number of likely N-dealkylation sites (tertiary alicyclic amines) is 1. The molecule has 0 atom stereocenters. The van der Waals surface area contributed by atoms with Crippen molar-refractivity contribution in [1.82, 2.24) is 4.90 Å². The zero-order chi connectivity index (χ0) is 8.32.